The Morgan fingerprint density at radius 2 is 1.86 bits per heavy atom. The van der Waals surface area contributed by atoms with E-state index in [0.717, 1.165) is 4.47 Å². The number of methoxy groups -OCH3 is 1. The molecule has 22 heavy (non-hydrogen) atoms. The minimum atomic E-state index is -3.69. The van der Waals surface area contributed by atoms with Gasteiger partial charge in [0.2, 0.25) is 5.91 Å². The quantitative estimate of drug-likeness (QED) is 0.861. The van der Waals surface area contributed by atoms with Crippen LogP contribution in [0.25, 0.3) is 0 Å². The SMILES string of the molecule is COc1ccc(S(=O)(=O)CC(=O)Nc2cccc(Br)c2)cc1. The lowest BCUT2D eigenvalue weighted by Crippen LogP contribution is -2.23. The van der Waals surface area contributed by atoms with E-state index in [0.29, 0.717) is 11.4 Å². The number of sulfone groups is 1. The van der Waals surface area contributed by atoms with E-state index in [2.05, 4.69) is 21.2 Å². The molecule has 0 unspecified atom stereocenters. The molecule has 0 aromatic heterocycles. The van der Waals surface area contributed by atoms with Gasteiger partial charge >= 0.3 is 0 Å². The van der Waals surface area contributed by atoms with Crippen LogP contribution in [-0.2, 0) is 14.6 Å². The van der Waals surface area contributed by atoms with Crippen molar-refractivity contribution in [1.29, 1.82) is 0 Å². The predicted octanol–water partition coefficient (Wildman–Crippen LogP) is 2.87. The standard InChI is InChI=1S/C15H14BrNO4S/c1-21-13-5-7-14(8-6-13)22(19,20)10-15(18)17-12-4-2-3-11(16)9-12/h2-9H,10H2,1H3,(H,17,18). The lowest BCUT2D eigenvalue weighted by atomic mass is 10.3. The lowest BCUT2D eigenvalue weighted by molar-refractivity contribution is -0.113. The van der Waals surface area contributed by atoms with Gasteiger partial charge in [0.05, 0.1) is 12.0 Å². The molecule has 2 rings (SSSR count). The number of hydrogen-bond donors (Lipinski definition) is 1. The molecular formula is C15H14BrNO4S. The molecule has 2 aromatic rings. The maximum Gasteiger partial charge on any atom is 0.239 e. The van der Waals surface area contributed by atoms with E-state index in [1.54, 1.807) is 30.3 Å². The van der Waals surface area contributed by atoms with Crippen LogP contribution in [-0.4, -0.2) is 27.2 Å². The van der Waals surface area contributed by atoms with Gasteiger partial charge < -0.3 is 10.1 Å². The Morgan fingerprint density at radius 1 is 1.18 bits per heavy atom. The zero-order chi connectivity index (χ0) is 16.2. The number of rotatable bonds is 5. The third kappa shape index (κ3) is 4.32. The number of carbonyl (C=O) groups excluding carboxylic acids is 1. The van der Waals surface area contributed by atoms with Crippen LogP contribution in [0.4, 0.5) is 5.69 Å². The number of carbonyl (C=O) groups is 1. The maximum atomic E-state index is 12.2. The molecule has 0 radical (unpaired) electrons. The first kappa shape index (κ1) is 16.5. The third-order valence-corrected chi connectivity index (χ3v) is 4.97. The number of hydrogen-bond acceptors (Lipinski definition) is 4. The van der Waals surface area contributed by atoms with Crippen molar-refractivity contribution in [3.05, 3.63) is 53.0 Å². The molecule has 0 bridgehead atoms. The summed E-state index contributed by atoms with van der Waals surface area (Å²) in [5.74, 6) is -0.655. The number of amides is 1. The van der Waals surface area contributed by atoms with Gasteiger partial charge in [-0.2, -0.15) is 0 Å². The molecule has 0 fully saturated rings. The van der Waals surface area contributed by atoms with E-state index in [1.165, 1.54) is 19.2 Å². The highest BCUT2D eigenvalue weighted by Gasteiger charge is 2.19. The van der Waals surface area contributed by atoms with Crippen LogP contribution in [0.2, 0.25) is 0 Å². The Hall–Kier alpha value is -1.86. The summed E-state index contributed by atoms with van der Waals surface area (Å²) in [7, 11) is -2.20. The van der Waals surface area contributed by atoms with Gasteiger partial charge in [-0.3, -0.25) is 4.79 Å². The summed E-state index contributed by atoms with van der Waals surface area (Å²) in [6.45, 7) is 0. The van der Waals surface area contributed by atoms with Crippen LogP contribution in [0.1, 0.15) is 0 Å². The van der Waals surface area contributed by atoms with Gasteiger partial charge in [0, 0.05) is 10.2 Å². The molecule has 1 N–H and O–H groups in total. The van der Waals surface area contributed by atoms with Crippen LogP contribution < -0.4 is 10.1 Å². The van der Waals surface area contributed by atoms with Crippen molar-refractivity contribution in [3.63, 3.8) is 0 Å². The highest BCUT2D eigenvalue weighted by Crippen LogP contribution is 2.18. The molecular weight excluding hydrogens is 370 g/mol. The monoisotopic (exact) mass is 383 g/mol. The zero-order valence-electron chi connectivity index (χ0n) is 11.7. The summed E-state index contributed by atoms with van der Waals surface area (Å²) < 4.78 is 30.1. The summed E-state index contributed by atoms with van der Waals surface area (Å²) in [6.07, 6.45) is 0. The maximum absolute atomic E-state index is 12.2. The summed E-state index contributed by atoms with van der Waals surface area (Å²) >= 11 is 3.28. The second-order valence-electron chi connectivity index (χ2n) is 4.49. The largest absolute Gasteiger partial charge is 0.497 e. The Balaban J connectivity index is 2.08. The molecule has 1 amide bonds. The van der Waals surface area contributed by atoms with E-state index in [9.17, 15) is 13.2 Å². The van der Waals surface area contributed by atoms with Gasteiger partial charge in [0.1, 0.15) is 11.5 Å². The molecule has 0 aliphatic carbocycles. The number of nitrogens with one attached hydrogen (secondary N) is 1. The van der Waals surface area contributed by atoms with Crippen LogP contribution in [0.3, 0.4) is 0 Å². The van der Waals surface area contributed by atoms with E-state index in [1.807, 2.05) is 6.07 Å². The first-order valence-electron chi connectivity index (χ1n) is 6.33. The topological polar surface area (TPSA) is 72.5 Å². The van der Waals surface area contributed by atoms with Crippen molar-refractivity contribution in [1.82, 2.24) is 0 Å². The highest BCUT2D eigenvalue weighted by molar-refractivity contribution is 9.10. The van der Waals surface area contributed by atoms with Gasteiger partial charge in [-0.1, -0.05) is 22.0 Å². The van der Waals surface area contributed by atoms with Gasteiger partial charge in [-0.15, -0.1) is 0 Å². The molecule has 0 aliphatic heterocycles. The summed E-state index contributed by atoms with van der Waals surface area (Å²) in [5.41, 5.74) is 0.532. The molecule has 5 nitrogen and oxygen atoms in total. The molecule has 116 valence electrons. The van der Waals surface area contributed by atoms with Crippen LogP contribution >= 0.6 is 15.9 Å². The average Bonchev–Trinajstić information content (AvgIpc) is 2.46. The van der Waals surface area contributed by atoms with Crippen molar-refractivity contribution in [2.24, 2.45) is 0 Å². The summed E-state index contributed by atoms with van der Waals surface area (Å²) in [4.78, 5) is 12.0. The van der Waals surface area contributed by atoms with E-state index < -0.39 is 21.5 Å². The van der Waals surface area contributed by atoms with Gasteiger partial charge in [0.15, 0.2) is 9.84 Å². The third-order valence-electron chi connectivity index (χ3n) is 2.85. The lowest BCUT2D eigenvalue weighted by Gasteiger charge is -2.07. The fourth-order valence-corrected chi connectivity index (χ4v) is 3.34. The van der Waals surface area contributed by atoms with Crippen LogP contribution in [0, 0.1) is 0 Å². The molecule has 7 heteroatoms. The zero-order valence-corrected chi connectivity index (χ0v) is 14.1. The summed E-state index contributed by atoms with van der Waals surface area (Å²) in [5, 5.41) is 2.56. The molecule has 0 saturated carbocycles. The van der Waals surface area contributed by atoms with E-state index >= 15 is 0 Å². The normalized spacial score (nSPS) is 11.0. The number of ether oxygens (including phenoxy) is 1. The first-order chi connectivity index (χ1) is 10.4. The minimum absolute atomic E-state index is 0.0812. The van der Waals surface area contributed by atoms with Gasteiger partial charge in [-0.25, -0.2) is 8.42 Å². The number of halogens is 1. The second kappa shape index (κ2) is 6.93. The van der Waals surface area contributed by atoms with Gasteiger partial charge in [0.25, 0.3) is 0 Å². The Bertz CT molecular complexity index is 772. The molecule has 0 atom stereocenters. The number of anilines is 1. The van der Waals surface area contributed by atoms with Crippen molar-refractivity contribution in [2.45, 2.75) is 4.90 Å². The van der Waals surface area contributed by atoms with E-state index in [4.69, 9.17) is 4.74 Å². The Labute approximate surface area is 137 Å². The van der Waals surface area contributed by atoms with Crippen LogP contribution in [0.5, 0.6) is 5.75 Å². The fourth-order valence-electron chi connectivity index (χ4n) is 1.80. The fraction of sp³-hybridized carbons (Fsp3) is 0.133. The smallest absolute Gasteiger partial charge is 0.239 e. The van der Waals surface area contributed by atoms with Crippen molar-refractivity contribution >= 4 is 37.4 Å². The first-order valence-corrected chi connectivity index (χ1v) is 8.77. The highest BCUT2D eigenvalue weighted by atomic mass is 79.9. The molecule has 2 aromatic carbocycles. The van der Waals surface area contributed by atoms with Crippen molar-refractivity contribution < 1.29 is 17.9 Å². The molecule has 0 spiro atoms. The summed E-state index contributed by atoms with van der Waals surface area (Å²) in [6, 6.07) is 12.8. The van der Waals surface area contributed by atoms with Crippen molar-refractivity contribution in [2.75, 3.05) is 18.2 Å². The van der Waals surface area contributed by atoms with Gasteiger partial charge in [-0.05, 0) is 42.5 Å². The minimum Gasteiger partial charge on any atom is -0.497 e. The second-order valence-corrected chi connectivity index (χ2v) is 7.40. The predicted molar refractivity (Wildman–Crippen MR) is 87.8 cm³/mol. The van der Waals surface area contributed by atoms with Crippen LogP contribution in [0.15, 0.2) is 57.9 Å². The molecule has 0 heterocycles. The average molecular weight is 384 g/mol. The molecule has 0 saturated heterocycles. The van der Waals surface area contributed by atoms with Crippen molar-refractivity contribution in [3.8, 4) is 5.75 Å². The van der Waals surface area contributed by atoms with E-state index in [-0.39, 0.29) is 4.90 Å². The Kier molecular flexibility index (Phi) is 5.20. The Morgan fingerprint density at radius 3 is 2.45 bits per heavy atom. The number of benzene rings is 2. The molecule has 0 aliphatic rings.